The molecule has 0 aliphatic carbocycles. The Morgan fingerprint density at radius 1 is 1.23 bits per heavy atom. The minimum absolute atomic E-state index is 0.0179. The topological polar surface area (TPSA) is 93.7 Å². The number of methoxy groups -OCH3 is 2. The molecule has 0 spiro atoms. The van der Waals surface area contributed by atoms with E-state index in [9.17, 15) is 14.7 Å². The Labute approximate surface area is 175 Å². The molecule has 8 heteroatoms. The number of aliphatic hydroxyl groups excluding tert-OH is 1. The van der Waals surface area contributed by atoms with E-state index in [4.69, 9.17) is 13.9 Å². The van der Waals surface area contributed by atoms with Crippen LogP contribution < -0.4 is 14.4 Å². The molecule has 160 valence electrons. The van der Waals surface area contributed by atoms with Gasteiger partial charge in [-0.15, -0.1) is 0 Å². The second-order valence-corrected chi connectivity index (χ2v) is 7.39. The van der Waals surface area contributed by atoms with E-state index >= 15 is 0 Å². The van der Waals surface area contributed by atoms with Crippen molar-refractivity contribution in [1.29, 1.82) is 0 Å². The van der Waals surface area contributed by atoms with Gasteiger partial charge in [0.2, 0.25) is 5.78 Å². The van der Waals surface area contributed by atoms with Crippen molar-refractivity contribution in [2.24, 2.45) is 0 Å². The molecule has 1 aromatic carbocycles. The molecule has 0 radical (unpaired) electrons. The fourth-order valence-corrected chi connectivity index (χ4v) is 3.63. The molecule has 2 heterocycles. The van der Waals surface area contributed by atoms with Crippen LogP contribution in [0.4, 0.5) is 0 Å². The molecule has 0 saturated heterocycles. The molecule has 3 rings (SSSR count). The molecule has 8 nitrogen and oxygen atoms in total. The van der Waals surface area contributed by atoms with E-state index in [-0.39, 0.29) is 11.3 Å². The summed E-state index contributed by atoms with van der Waals surface area (Å²) in [5, 5.41) is 10.7. The standard InChI is InChI=1S/C22H26N2O6/c1-23(2)10-6-11-24-19(15-9-8-14(28-3)13-17(15)29-4)18(21(26)22(24)27)20(25)16-7-5-12-30-16/h5,7-9,12-13,19,26H,6,10-11H2,1-4H3/p+1/t19-/m1/s1. The van der Waals surface area contributed by atoms with Crippen molar-refractivity contribution in [3.8, 4) is 11.5 Å². The second-order valence-electron chi connectivity index (χ2n) is 7.39. The SMILES string of the molecule is COc1ccc([C@@H]2C(C(=O)c3ccco3)=C(O)C(=O)N2CCC[NH+](C)C)c(OC)c1. The lowest BCUT2D eigenvalue weighted by Crippen LogP contribution is -3.05. The summed E-state index contributed by atoms with van der Waals surface area (Å²) in [5.41, 5.74) is 0.568. The first-order valence-electron chi connectivity index (χ1n) is 9.72. The van der Waals surface area contributed by atoms with Gasteiger partial charge < -0.3 is 28.8 Å². The van der Waals surface area contributed by atoms with Gasteiger partial charge in [0.1, 0.15) is 11.5 Å². The number of rotatable bonds is 9. The molecule has 2 N–H and O–H groups in total. The van der Waals surface area contributed by atoms with Crippen LogP contribution in [0.5, 0.6) is 11.5 Å². The van der Waals surface area contributed by atoms with E-state index in [0.717, 1.165) is 6.54 Å². The van der Waals surface area contributed by atoms with Gasteiger partial charge in [-0.05, 0) is 24.3 Å². The van der Waals surface area contributed by atoms with Gasteiger partial charge in [0, 0.05) is 24.6 Å². The van der Waals surface area contributed by atoms with Gasteiger partial charge in [-0.2, -0.15) is 0 Å². The van der Waals surface area contributed by atoms with Gasteiger partial charge in [0.15, 0.2) is 11.5 Å². The zero-order valence-corrected chi connectivity index (χ0v) is 17.6. The zero-order chi connectivity index (χ0) is 21.8. The van der Waals surface area contributed by atoms with E-state index in [1.54, 1.807) is 31.4 Å². The van der Waals surface area contributed by atoms with Gasteiger partial charge in [0.25, 0.3) is 5.91 Å². The van der Waals surface area contributed by atoms with Crippen LogP contribution in [0.2, 0.25) is 0 Å². The summed E-state index contributed by atoms with van der Waals surface area (Å²) in [5.74, 6) is -0.585. The van der Waals surface area contributed by atoms with Crippen molar-refractivity contribution in [2.45, 2.75) is 12.5 Å². The largest absolute Gasteiger partial charge is 0.503 e. The van der Waals surface area contributed by atoms with Crippen molar-refractivity contribution in [2.75, 3.05) is 41.4 Å². The Bertz CT molecular complexity index is 949. The first-order valence-corrected chi connectivity index (χ1v) is 9.72. The number of carbonyl (C=O) groups is 2. The molecule has 0 saturated carbocycles. The molecular weight excluding hydrogens is 388 g/mol. The number of Topliss-reactive ketones (excluding diaryl/α,β-unsaturated/α-hetero) is 1. The third-order valence-electron chi connectivity index (χ3n) is 5.10. The van der Waals surface area contributed by atoms with Crippen LogP contribution in [0.15, 0.2) is 52.3 Å². The van der Waals surface area contributed by atoms with E-state index in [2.05, 4.69) is 0 Å². The zero-order valence-electron chi connectivity index (χ0n) is 17.6. The Morgan fingerprint density at radius 2 is 2.00 bits per heavy atom. The lowest BCUT2D eigenvalue weighted by molar-refractivity contribution is -0.858. The lowest BCUT2D eigenvalue weighted by atomic mass is 9.94. The number of hydrogen-bond donors (Lipinski definition) is 2. The molecule has 1 atom stereocenters. The van der Waals surface area contributed by atoms with Crippen molar-refractivity contribution in [1.82, 2.24) is 4.90 Å². The third kappa shape index (κ3) is 4.04. The van der Waals surface area contributed by atoms with Crippen LogP contribution in [0, 0.1) is 0 Å². The van der Waals surface area contributed by atoms with Crippen LogP contribution in [0.3, 0.4) is 0 Å². The summed E-state index contributed by atoms with van der Waals surface area (Å²) < 4.78 is 16.0. The smallest absolute Gasteiger partial charge is 0.290 e. The summed E-state index contributed by atoms with van der Waals surface area (Å²) in [7, 11) is 7.10. The van der Waals surface area contributed by atoms with Crippen LogP contribution in [0.1, 0.15) is 28.6 Å². The van der Waals surface area contributed by atoms with E-state index in [1.807, 2.05) is 14.1 Å². The highest BCUT2D eigenvalue weighted by Gasteiger charge is 2.45. The Kier molecular flexibility index (Phi) is 6.47. The molecular formula is C22H27N2O6+. The van der Waals surface area contributed by atoms with Crippen LogP contribution in [-0.4, -0.2) is 63.1 Å². The predicted molar refractivity (Wildman–Crippen MR) is 109 cm³/mol. The van der Waals surface area contributed by atoms with Crippen molar-refractivity contribution in [3.05, 3.63) is 59.3 Å². The van der Waals surface area contributed by atoms with Crippen molar-refractivity contribution >= 4 is 11.7 Å². The number of aliphatic hydroxyl groups is 1. The number of ether oxygens (including phenoxy) is 2. The number of nitrogens with zero attached hydrogens (tertiary/aromatic N) is 1. The summed E-state index contributed by atoms with van der Waals surface area (Å²) in [6.45, 7) is 1.21. The van der Waals surface area contributed by atoms with Gasteiger partial charge in [-0.3, -0.25) is 9.59 Å². The minimum Gasteiger partial charge on any atom is -0.503 e. The number of ketones is 1. The molecule has 30 heavy (non-hydrogen) atoms. The average Bonchev–Trinajstić information content (AvgIpc) is 3.35. The van der Waals surface area contributed by atoms with E-state index in [1.165, 1.54) is 29.2 Å². The monoisotopic (exact) mass is 415 g/mol. The molecule has 1 amide bonds. The van der Waals surface area contributed by atoms with Gasteiger partial charge in [-0.25, -0.2) is 0 Å². The number of quaternary nitrogens is 1. The van der Waals surface area contributed by atoms with Crippen molar-refractivity contribution < 1.29 is 33.5 Å². The quantitative estimate of drug-likeness (QED) is 0.602. The maximum Gasteiger partial charge on any atom is 0.290 e. The fraction of sp³-hybridized carbons (Fsp3) is 0.364. The Hall–Kier alpha value is -3.26. The van der Waals surface area contributed by atoms with Gasteiger partial charge >= 0.3 is 0 Å². The normalized spacial score (nSPS) is 16.5. The van der Waals surface area contributed by atoms with Gasteiger partial charge in [-0.1, -0.05) is 0 Å². The molecule has 0 bridgehead atoms. The third-order valence-corrected chi connectivity index (χ3v) is 5.10. The summed E-state index contributed by atoms with van der Waals surface area (Å²) >= 11 is 0. The number of benzene rings is 1. The second kappa shape index (κ2) is 9.04. The van der Waals surface area contributed by atoms with Gasteiger partial charge in [0.05, 0.1) is 52.7 Å². The highest BCUT2D eigenvalue weighted by Crippen LogP contribution is 2.43. The highest BCUT2D eigenvalue weighted by atomic mass is 16.5. The molecule has 0 fully saturated rings. The Morgan fingerprint density at radius 3 is 2.60 bits per heavy atom. The molecule has 1 aliphatic heterocycles. The average molecular weight is 415 g/mol. The first kappa shape index (κ1) is 21.4. The maximum absolute atomic E-state index is 13.1. The van der Waals surface area contributed by atoms with E-state index in [0.29, 0.717) is 30.0 Å². The maximum atomic E-state index is 13.1. The minimum atomic E-state index is -0.798. The Balaban J connectivity index is 2.08. The number of hydrogen-bond acceptors (Lipinski definition) is 6. The summed E-state index contributed by atoms with van der Waals surface area (Å²) in [4.78, 5) is 28.8. The molecule has 1 aromatic heterocycles. The van der Waals surface area contributed by atoms with Crippen molar-refractivity contribution in [3.63, 3.8) is 0 Å². The first-order chi connectivity index (χ1) is 14.4. The fourth-order valence-electron chi connectivity index (χ4n) is 3.63. The molecule has 0 unspecified atom stereocenters. The predicted octanol–water partition coefficient (Wildman–Crippen LogP) is 1.41. The van der Waals surface area contributed by atoms with E-state index < -0.39 is 23.5 Å². The number of nitrogens with one attached hydrogen (secondary N) is 1. The van der Waals surface area contributed by atoms with Crippen LogP contribution in [-0.2, 0) is 4.79 Å². The van der Waals surface area contributed by atoms with Crippen LogP contribution >= 0.6 is 0 Å². The summed E-state index contributed by atoms with van der Waals surface area (Å²) in [6, 6.07) is 7.46. The highest BCUT2D eigenvalue weighted by molar-refractivity contribution is 6.15. The number of carbonyl (C=O) groups excluding carboxylic acids is 2. The van der Waals surface area contributed by atoms with Crippen LogP contribution in [0.25, 0.3) is 0 Å². The summed E-state index contributed by atoms with van der Waals surface area (Å²) in [6.07, 6.45) is 2.08. The number of amides is 1. The molecule has 1 aliphatic rings. The lowest BCUT2D eigenvalue weighted by Gasteiger charge is -2.28. The molecule has 2 aromatic rings. The number of furan rings is 1.